The molecule has 1 atom stereocenters. The maximum Gasteiger partial charge on any atom is 0.306 e. The van der Waals surface area contributed by atoms with Gasteiger partial charge < -0.3 is 14.2 Å². The largest absolute Gasteiger partial charge is 0.462 e. The van der Waals surface area contributed by atoms with Gasteiger partial charge in [-0.2, -0.15) is 0 Å². The minimum absolute atomic E-state index is 0.0718. The van der Waals surface area contributed by atoms with Crippen LogP contribution in [0.4, 0.5) is 0 Å². The highest BCUT2D eigenvalue weighted by atomic mass is 16.6. The van der Waals surface area contributed by atoms with Crippen LogP contribution in [0.5, 0.6) is 0 Å². The van der Waals surface area contributed by atoms with Gasteiger partial charge in [0.1, 0.15) is 13.2 Å². The summed E-state index contributed by atoms with van der Waals surface area (Å²) in [7, 11) is 0. The summed E-state index contributed by atoms with van der Waals surface area (Å²) in [5.74, 6) is -0.854. The van der Waals surface area contributed by atoms with Crippen LogP contribution in [0.15, 0.2) is 36.5 Å². The van der Waals surface area contributed by atoms with E-state index in [1.54, 1.807) is 0 Å². The van der Waals surface area contributed by atoms with Gasteiger partial charge in [-0.05, 0) is 57.8 Å². The predicted octanol–water partition coefficient (Wildman–Crippen LogP) is 23.9. The van der Waals surface area contributed by atoms with E-state index in [9.17, 15) is 14.4 Å². The summed E-state index contributed by atoms with van der Waals surface area (Å²) in [5, 5.41) is 0. The summed E-state index contributed by atoms with van der Waals surface area (Å²) in [5.41, 5.74) is 0. The molecule has 78 heavy (non-hydrogen) atoms. The normalized spacial score (nSPS) is 12.2. The number of allylic oxidation sites excluding steroid dienone is 6. The van der Waals surface area contributed by atoms with Gasteiger partial charge in [0, 0.05) is 19.3 Å². The molecule has 6 heteroatoms. The average Bonchev–Trinajstić information content (AvgIpc) is 3.44. The molecule has 6 nitrogen and oxygen atoms in total. The van der Waals surface area contributed by atoms with Crippen molar-refractivity contribution in [2.24, 2.45) is 0 Å². The van der Waals surface area contributed by atoms with E-state index in [0.717, 1.165) is 77.0 Å². The Balaban J connectivity index is 4.29. The van der Waals surface area contributed by atoms with Gasteiger partial charge in [0.15, 0.2) is 6.10 Å². The quantitative estimate of drug-likeness (QED) is 0.0261. The van der Waals surface area contributed by atoms with Crippen LogP contribution in [0.2, 0.25) is 0 Å². The number of unbranched alkanes of at least 4 members (excludes halogenated alkanes) is 48. The topological polar surface area (TPSA) is 78.9 Å². The number of carbonyl (C=O) groups is 3. The van der Waals surface area contributed by atoms with E-state index < -0.39 is 6.10 Å². The zero-order valence-corrected chi connectivity index (χ0v) is 52.7. The van der Waals surface area contributed by atoms with Crippen molar-refractivity contribution in [3.8, 4) is 0 Å². The molecular weight excluding hydrogens is 961 g/mol. The zero-order chi connectivity index (χ0) is 56.4. The van der Waals surface area contributed by atoms with Crippen LogP contribution >= 0.6 is 0 Å². The minimum Gasteiger partial charge on any atom is -0.462 e. The second-order valence-electron chi connectivity index (χ2n) is 23.8. The van der Waals surface area contributed by atoms with Crippen molar-refractivity contribution in [3.63, 3.8) is 0 Å². The number of ether oxygens (including phenoxy) is 3. The number of rotatable bonds is 65. The first kappa shape index (κ1) is 75.6. The maximum absolute atomic E-state index is 12.9. The van der Waals surface area contributed by atoms with E-state index in [1.165, 1.54) is 270 Å². The highest BCUT2D eigenvalue weighted by Gasteiger charge is 2.19. The standard InChI is InChI=1S/C72H134O6/c1-4-7-10-13-16-19-22-25-28-30-32-34-35-36-38-39-41-44-47-50-53-56-59-62-65-71(74)77-68-69(67-76-70(73)64-61-58-55-52-49-46-43-27-24-21-18-15-12-9-6-3)78-72(75)66-63-60-57-54-51-48-45-42-40-37-33-31-29-26-23-20-17-14-11-8-5-2/h23,26,31,33,40,42,69H,4-22,24-25,27-30,32,34-39,41,43-68H2,1-3H3/b26-23-,33-31-,42-40-. The second-order valence-corrected chi connectivity index (χ2v) is 23.8. The molecule has 0 bridgehead atoms. The molecule has 0 aliphatic heterocycles. The summed E-state index contributed by atoms with van der Waals surface area (Å²) in [4.78, 5) is 38.4. The van der Waals surface area contributed by atoms with E-state index in [0.29, 0.717) is 19.3 Å². The monoisotopic (exact) mass is 1100 g/mol. The van der Waals surface area contributed by atoms with Crippen molar-refractivity contribution in [3.05, 3.63) is 36.5 Å². The van der Waals surface area contributed by atoms with Gasteiger partial charge in [0.25, 0.3) is 0 Å². The average molecular weight is 1100 g/mol. The molecule has 0 radical (unpaired) electrons. The molecule has 458 valence electrons. The highest BCUT2D eigenvalue weighted by molar-refractivity contribution is 5.71. The molecule has 0 saturated carbocycles. The van der Waals surface area contributed by atoms with Crippen molar-refractivity contribution >= 4 is 17.9 Å². The van der Waals surface area contributed by atoms with E-state index >= 15 is 0 Å². The lowest BCUT2D eigenvalue weighted by molar-refractivity contribution is -0.167. The Kier molecular flexibility index (Phi) is 65.1. The lowest BCUT2D eigenvalue weighted by Crippen LogP contribution is -2.30. The van der Waals surface area contributed by atoms with Crippen molar-refractivity contribution in [2.45, 2.75) is 393 Å². The van der Waals surface area contributed by atoms with Gasteiger partial charge in [0.05, 0.1) is 0 Å². The molecule has 0 saturated heterocycles. The SMILES string of the molecule is CCCCCCC/C=C\C/C=C\C/C=C\CCCCCCCCC(=O)OC(COC(=O)CCCCCCCCCCCCCCCCC)COC(=O)CCCCCCCCCCCCCCCCCCCCCCCCCC. The van der Waals surface area contributed by atoms with Crippen LogP contribution in [0.3, 0.4) is 0 Å². The maximum atomic E-state index is 12.9. The van der Waals surface area contributed by atoms with Crippen LogP contribution in [-0.4, -0.2) is 37.2 Å². The third-order valence-corrected chi connectivity index (χ3v) is 15.9. The van der Waals surface area contributed by atoms with Gasteiger partial charge >= 0.3 is 17.9 Å². The van der Waals surface area contributed by atoms with Crippen LogP contribution in [-0.2, 0) is 28.6 Å². The number of carbonyl (C=O) groups excluding carboxylic acids is 3. The van der Waals surface area contributed by atoms with Crippen molar-refractivity contribution < 1.29 is 28.6 Å². The second kappa shape index (κ2) is 67.1. The van der Waals surface area contributed by atoms with Crippen LogP contribution in [0, 0.1) is 0 Å². The van der Waals surface area contributed by atoms with E-state index in [2.05, 4.69) is 57.2 Å². The first-order valence-corrected chi connectivity index (χ1v) is 35.0. The van der Waals surface area contributed by atoms with Crippen molar-refractivity contribution in [1.82, 2.24) is 0 Å². The third-order valence-electron chi connectivity index (χ3n) is 15.9. The third kappa shape index (κ3) is 64.5. The zero-order valence-electron chi connectivity index (χ0n) is 52.7. The summed E-state index contributed by atoms with van der Waals surface area (Å²) < 4.78 is 17.0. The molecule has 0 amide bonds. The molecule has 0 spiro atoms. The smallest absolute Gasteiger partial charge is 0.306 e. The van der Waals surface area contributed by atoms with E-state index in [1.807, 2.05) is 0 Å². The van der Waals surface area contributed by atoms with Gasteiger partial charge in [-0.15, -0.1) is 0 Å². The highest BCUT2D eigenvalue weighted by Crippen LogP contribution is 2.18. The first-order valence-electron chi connectivity index (χ1n) is 35.0. The van der Waals surface area contributed by atoms with E-state index in [-0.39, 0.29) is 31.1 Å². The van der Waals surface area contributed by atoms with Crippen LogP contribution < -0.4 is 0 Å². The molecule has 1 unspecified atom stereocenters. The molecule has 0 rings (SSSR count). The van der Waals surface area contributed by atoms with Crippen LogP contribution in [0.1, 0.15) is 387 Å². The number of hydrogen-bond acceptors (Lipinski definition) is 6. The first-order chi connectivity index (χ1) is 38.5. The summed E-state index contributed by atoms with van der Waals surface area (Å²) >= 11 is 0. The molecule has 0 aromatic carbocycles. The Morgan fingerprint density at radius 3 is 0.718 bits per heavy atom. The summed E-state index contributed by atoms with van der Waals surface area (Å²) in [6.45, 7) is 6.70. The molecular formula is C72H134O6. The van der Waals surface area contributed by atoms with E-state index in [4.69, 9.17) is 14.2 Å². The number of esters is 3. The fourth-order valence-electron chi connectivity index (χ4n) is 10.6. The summed E-state index contributed by atoms with van der Waals surface area (Å²) in [6, 6.07) is 0. The molecule has 0 aromatic rings. The Morgan fingerprint density at radius 1 is 0.256 bits per heavy atom. The van der Waals surface area contributed by atoms with Crippen molar-refractivity contribution in [1.29, 1.82) is 0 Å². The Morgan fingerprint density at radius 2 is 0.462 bits per heavy atom. The molecule has 0 N–H and O–H groups in total. The molecule has 0 aliphatic rings. The van der Waals surface area contributed by atoms with Crippen LogP contribution in [0.25, 0.3) is 0 Å². The Hall–Kier alpha value is -2.37. The minimum atomic E-state index is -0.777. The van der Waals surface area contributed by atoms with Gasteiger partial charge in [-0.25, -0.2) is 0 Å². The predicted molar refractivity (Wildman–Crippen MR) is 339 cm³/mol. The fraction of sp³-hybridized carbons (Fsp3) is 0.875. The molecule has 0 aliphatic carbocycles. The van der Waals surface area contributed by atoms with Gasteiger partial charge in [0.2, 0.25) is 0 Å². The lowest BCUT2D eigenvalue weighted by atomic mass is 10.0. The Bertz CT molecular complexity index is 1300. The van der Waals surface area contributed by atoms with Crippen molar-refractivity contribution in [2.75, 3.05) is 13.2 Å². The number of hydrogen-bond donors (Lipinski definition) is 0. The van der Waals surface area contributed by atoms with Gasteiger partial charge in [-0.3, -0.25) is 14.4 Å². The lowest BCUT2D eigenvalue weighted by Gasteiger charge is -2.18. The van der Waals surface area contributed by atoms with Gasteiger partial charge in [-0.1, -0.05) is 346 Å². The molecule has 0 heterocycles. The Labute approximate surface area is 486 Å². The fourth-order valence-corrected chi connectivity index (χ4v) is 10.6. The summed E-state index contributed by atoms with van der Waals surface area (Å²) in [6.07, 6.45) is 83.1. The molecule has 0 fully saturated rings. The molecule has 0 aromatic heterocycles.